The van der Waals surface area contributed by atoms with Crippen molar-refractivity contribution in [1.29, 1.82) is 0 Å². The standard InChI is InChI=1S/C13H19FN2O2S/c1-19(17,18)16-7-3-6-15(8-9-16)11-12-4-2-5-13(14)10-12/h2,4-5,10H,3,6-9,11H2,1H3. The Balaban J connectivity index is 1.96. The van der Waals surface area contributed by atoms with Crippen LogP contribution in [0.25, 0.3) is 0 Å². The van der Waals surface area contributed by atoms with Crippen LogP contribution in [0.3, 0.4) is 0 Å². The average molecular weight is 286 g/mol. The first-order chi connectivity index (χ1) is 8.95. The van der Waals surface area contributed by atoms with Gasteiger partial charge in [-0.1, -0.05) is 12.1 Å². The van der Waals surface area contributed by atoms with Crippen LogP contribution in [0, 0.1) is 5.82 Å². The monoisotopic (exact) mass is 286 g/mol. The molecule has 0 N–H and O–H groups in total. The molecule has 1 aliphatic heterocycles. The highest BCUT2D eigenvalue weighted by molar-refractivity contribution is 7.88. The Kier molecular flexibility index (Phi) is 4.54. The molecular formula is C13H19FN2O2S. The zero-order chi connectivity index (χ0) is 13.9. The lowest BCUT2D eigenvalue weighted by Gasteiger charge is -2.20. The average Bonchev–Trinajstić information content (AvgIpc) is 2.54. The topological polar surface area (TPSA) is 40.6 Å². The van der Waals surface area contributed by atoms with E-state index in [0.717, 1.165) is 18.5 Å². The van der Waals surface area contributed by atoms with E-state index in [1.807, 2.05) is 6.07 Å². The normalized spacial score (nSPS) is 19.3. The fraction of sp³-hybridized carbons (Fsp3) is 0.538. The van der Waals surface area contributed by atoms with Crippen molar-refractivity contribution in [3.05, 3.63) is 35.6 Å². The van der Waals surface area contributed by atoms with Gasteiger partial charge in [0.1, 0.15) is 5.82 Å². The third-order valence-electron chi connectivity index (χ3n) is 3.31. The maximum Gasteiger partial charge on any atom is 0.211 e. The van der Waals surface area contributed by atoms with E-state index in [1.165, 1.54) is 22.7 Å². The van der Waals surface area contributed by atoms with E-state index in [2.05, 4.69) is 4.90 Å². The molecule has 2 rings (SSSR count). The van der Waals surface area contributed by atoms with E-state index in [1.54, 1.807) is 6.07 Å². The highest BCUT2D eigenvalue weighted by Gasteiger charge is 2.21. The van der Waals surface area contributed by atoms with Crippen molar-refractivity contribution in [3.63, 3.8) is 0 Å². The highest BCUT2D eigenvalue weighted by atomic mass is 32.2. The molecule has 106 valence electrons. The van der Waals surface area contributed by atoms with Gasteiger partial charge in [0.25, 0.3) is 0 Å². The number of nitrogens with zero attached hydrogens (tertiary/aromatic N) is 2. The van der Waals surface area contributed by atoms with Crippen molar-refractivity contribution in [1.82, 2.24) is 9.21 Å². The number of benzene rings is 1. The highest BCUT2D eigenvalue weighted by Crippen LogP contribution is 2.11. The zero-order valence-electron chi connectivity index (χ0n) is 11.0. The second-order valence-electron chi connectivity index (χ2n) is 4.92. The van der Waals surface area contributed by atoms with Gasteiger partial charge in [0.15, 0.2) is 0 Å². The van der Waals surface area contributed by atoms with Gasteiger partial charge in [0, 0.05) is 26.2 Å². The van der Waals surface area contributed by atoms with Crippen LogP contribution < -0.4 is 0 Å². The van der Waals surface area contributed by atoms with E-state index in [9.17, 15) is 12.8 Å². The molecule has 0 aliphatic carbocycles. The Morgan fingerprint density at radius 3 is 2.68 bits per heavy atom. The molecule has 0 aromatic heterocycles. The molecule has 0 amide bonds. The van der Waals surface area contributed by atoms with Crippen LogP contribution in [0.2, 0.25) is 0 Å². The van der Waals surface area contributed by atoms with Gasteiger partial charge in [-0.05, 0) is 30.7 Å². The lowest BCUT2D eigenvalue weighted by Crippen LogP contribution is -2.34. The predicted molar refractivity (Wildman–Crippen MR) is 72.7 cm³/mol. The van der Waals surface area contributed by atoms with Crippen LogP contribution in [-0.4, -0.2) is 50.1 Å². The van der Waals surface area contributed by atoms with Gasteiger partial charge in [-0.15, -0.1) is 0 Å². The maximum absolute atomic E-state index is 13.1. The van der Waals surface area contributed by atoms with Gasteiger partial charge in [0.2, 0.25) is 10.0 Å². The molecule has 0 bridgehead atoms. The van der Waals surface area contributed by atoms with Crippen molar-refractivity contribution in [3.8, 4) is 0 Å². The number of sulfonamides is 1. The molecule has 19 heavy (non-hydrogen) atoms. The zero-order valence-corrected chi connectivity index (χ0v) is 11.9. The van der Waals surface area contributed by atoms with Crippen molar-refractivity contribution < 1.29 is 12.8 Å². The van der Waals surface area contributed by atoms with E-state index >= 15 is 0 Å². The summed E-state index contributed by atoms with van der Waals surface area (Å²) in [4.78, 5) is 2.17. The quantitative estimate of drug-likeness (QED) is 0.841. The Labute approximate surface area is 113 Å². The predicted octanol–water partition coefficient (Wildman–Crippen LogP) is 1.29. The van der Waals surface area contributed by atoms with E-state index in [0.29, 0.717) is 26.2 Å². The second-order valence-corrected chi connectivity index (χ2v) is 6.90. The summed E-state index contributed by atoms with van der Waals surface area (Å²) >= 11 is 0. The Morgan fingerprint density at radius 1 is 1.21 bits per heavy atom. The van der Waals surface area contributed by atoms with Gasteiger partial charge in [-0.3, -0.25) is 4.90 Å². The van der Waals surface area contributed by atoms with Crippen molar-refractivity contribution in [2.75, 3.05) is 32.4 Å². The molecule has 1 aromatic carbocycles. The van der Waals surface area contributed by atoms with Gasteiger partial charge in [-0.25, -0.2) is 17.1 Å². The van der Waals surface area contributed by atoms with Gasteiger partial charge < -0.3 is 0 Å². The molecular weight excluding hydrogens is 267 g/mol. The summed E-state index contributed by atoms with van der Waals surface area (Å²) in [6, 6.07) is 6.55. The number of halogens is 1. The summed E-state index contributed by atoms with van der Waals surface area (Å²) < 4.78 is 37.6. The molecule has 1 fully saturated rings. The minimum atomic E-state index is -3.11. The minimum absolute atomic E-state index is 0.231. The largest absolute Gasteiger partial charge is 0.298 e. The Bertz CT molecular complexity index is 533. The maximum atomic E-state index is 13.1. The van der Waals surface area contributed by atoms with Gasteiger partial charge in [0.05, 0.1) is 6.26 Å². The summed E-state index contributed by atoms with van der Waals surface area (Å²) in [5.74, 6) is -0.231. The third kappa shape index (κ3) is 4.26. The summed E-state index contributed by atoms with van der Waals surface area (Å²) in [5, 5.41) is 0. The van der Waals surface area contributed by atoms with Crippen molar-refractivity contribution in [2.45, 2.75) is 13.0 Å². The molecule has 4 nitrogen and oxygen atoms in total. The SMILES string of the molecule is CS(=O)(=O)N1CCCN(Cc2cccc(F)c2)CC1. The number of hydrogen-bond donors (Lipinski definition) is 0. The molecule has 0 radical (unpaired) electrons. The molecule has 1 heterocycles. The fourth-order valence-corrected chi connectivity index (χ4v) is 3.20. The summed E-state index contributed by atoms with van der Waals surface area (Å²) in [6.07, 6.45) is 2.05. The van der Waals surface area contributed by atoms with Crippen LogP contribution in [0.1, 0.15) is 12.0 Å². The summed E-state index contributed by atoms with van der Waals surface area (Å²) in [5.41, 5.74) is 0.924. The fourth-order valence-electron chi connectivity index (χ4n) is 2.33. The van der Waals surface area contributed by atoms with Gasteiger partial charge >= 0.3 is 0 Å². The number of hydrogen-bond acceptors (Lipinski definition) is 3. The van der Waals surface area contributed by atoms with Crippen LogP contribution >= 0.6 is 0 Å². The smallest absolute Gasteiger partial charge is 0.211 e. The van der Waals surface area contributed by atoms with Crippen molar-refractivity contribution >= 4 is 10.0 Å². The number of rotatable bonds is 3. The van der Waals surface area contributed by atoms with Crippen LogP contribution in [0.5, 0.6) is 0 Å². The first kappa shape index (κ1) is 14.4. The first-order valence-corrected chi connectivity index (χ1v) is 8.22. The molecule has 1 aliphatic rings. The molecule has 1 aromatic rings. The lowest BCUT2D eigenvalue weighted by molar-refractivity contribution is 0.278. The Morgan fingerprint density at radius 2 is 2.00 bits per heavy atom. The van der Waals surface area contributed by atoms with E-state index < -0.39 is 10.0 Å². The van der Waals surface area contributed by atoms with Crippen LogP contribution in [0.15, 0.2) is 24.3 Å². The molecule has 0 unspecified atom stereocenters. The molecule has 6 heteroatoms. The Hall–Kier alpha value is -0.980. The molecule has 0 saturated carbocycles. The van der Waals surface area contributed by atoms with Gasteiger partial charge in [-0.2, -0.15) is 0 Å². The van der Waals surface area contributed by atoms with E-state index in [-0.39, 0.29) is 5.82 Å². The van der Waals surface area contributed by atoms with Crippen LogP contribution in [0.4, 0.5) is 4.39 Å². The molecule has 0 spiro atoms. The second kappa shape index (κ2) is 5.98. The summed E-state index contributed by atoms with van der Waals surface area (Å²) in [6.45, 7) is 3.26. The van der Waals surface area contributed by atoms with Crippen LogP contribution in [-0.2, 0) is 16.6 Å². The van der Waals surface area contributed by atoms with E-state index in [4.69, 9.17) is 0 Å². The summed E-state index contributed by atoms with van der Waals surface area (Å²) in [7, 11) is -3.11. The lowest BCUT2D eigenvalue weighted by atomic mass is 10.2. The van der Waals surface area contributed by atoms with Crippen molar-refractivity contribution in [2.24, 2.45) is 0 Å². The first-order valence-electron chi connectivity index (χ1n) is 6.37. The minimum Gasteiger partial charge on any atom is -0.298 e. The molecule has 1 saturated heterocycles. The third-order valence-corrected chi connectivity index (χ3v) is 4.61. The molecule has 0 atom stereocenters.